The van der Waals surface area contributed by atoms with Gasteiger partial charge in [0, 0.05) is 11.6 Å². The predicted octanol–water partition coefficient (Wildman–Crippen LogP) is 3.16. The molecule has 24 heavy (non-hydrogen) atoms. The Kier molecular flexibility index (Phi) is 5.66. The van der Waals surface area contributed by atoms with Crippen LogP contribution in [0.25, 0.3) is 0 Å². The molecule has 5 nitrogen and oxygen atoms in total. The Labute approximate surface area is 139 Å². The fourth-order valence-corrected chi connectivity index (χ4v) is 2.54. The second kappa shape index (κ2) is 7.52. The van der Waals surface area contributed by atoms with E-state index in [1.807, 2.05) is 6.92 Å². The number of benzene rings is 1. The number of halogens is 3. The maximum atomic E-state index is 12.6. The molecule has 0 spiro atoms. The van der Waals surface area contributed by atoms with Crippen molar-refractivity contribution < 1.29 is 22.7 Å². The van der Waals surface area contributed by atoms with Gasteiger partial charge in [-0.25, -0.2) is 4.98 Å². The van der Waals surface area contributed by atoms with E-state index in [0.29, 0.717) is 24.0 Å². The van der Waals surface area contributed by atoms with Gasteiger partial charge in [-0.2, -0.15) is 13.2 Å². The number of carbonyl (C=O) groups is 1. The molecule has 2 rings (SSSR count). The highest BCUT2D eigenvalue weighted by molar-refractivity contribution is 7.99. The number of ketones is 1. The minimum Gasteiger partial charge on any atom is -0.494 e. The lowest BCUT2D eigenvalue weighted by Gasteiger charge is -2.07. The first-order valence-corrected chi connectivity index (χ1v) is 7.85. The number of hydrogen-bond donors (Lipinski definition) is 1. The number of thioether (sulfide) groups is 1. The monoisotopic (exact) mass is 358 g/mol. The lowest BCUT2D eigenvalue weighted by Crippen LogP contribution is -2.17. The van der Waals surface area contributed by atoms with Crippen molar-refractivity contribution in [2.45, 2.75) is 18.3 Å². The summed E-state index contributed by atoms with van der Waals surface area (Å²) >= 11 is 0.735. The first-order valence-electron chi connectivity index (χ1n) is 6.87. The van der Waals surface area contributed by atoms with E-state index in [2.05, 4.69) is 9.97 Å². The van der Waals surface area contributed by atoms with Gasteiger partial charge in [-0.05, 0) is 31.2 Å². The third-order valence-electron chi connectivity index (χ3n) is 2.84. The molecule has 2 aromatic rings. The first-order chi connectivity index (χ1) is 11.3. The van der Waals surface area contributed by atoms with Gasteiger partial charge in [-0.15, -0.1) is 0 Å². The maximum absolute atomic E-state index is 12.6. The number of nitrogens with one attached hydrogen (secondary N) is 1. The molecule has 0 atom stereocenters. The standard InChI is InChI=1S/C15H13F3N2O3S/c1-2-23-10-5-3-9(4-6-10)11(21)8-24-14-19-12(15(16,17)18)7-13(22)20-14/h3-7H,2,8H2,1H3,(H,19,20,22). The highest BCUT2D eigenvalue weighted by Crippen LogP contribution is 2.27. The molecule has 128 valence electrons. The van der Waals surface area contributed by atoms with E-state index in [1.165, 1.54) is 0 Å². The number of Topliss-reactive ketones (excluding diaryl/α,β-unsaturated/α-hetero) is 1. The Bertz CT molecular complexity index is 773. The average Bonchev–Trinajstić information content (AvgIpc) is 2.52. The van der Waals surface area contributed by atoms with E-state index in [1.54, 1.807) is 24.3 Å². The summed E-state index contributed by atoms with van der Waals surface area (Å²) in [5, 5.41) is -0.255. The predicted molar refractivity (Wildman–Crippen MR) is 82.5 cm³/mol. The van der Waals surface area contributed by atoms with Crippen molar-refractivity contribution in [3.05, 3.63) is 51.9 Å². The molecule has 0 amide bonds. The van der Waals surface area contributed by atoms with Crippen molar-refractivity contribution >= 4 is 17.5 Å². The molecule has 1 heterocycles. The molecule has 0 aliphatic carbocycles. The molecule has 1 N–H and O–H groups in total. The molecule has 0 radical (unpaired) electrons. The smallest absolute Gasteiger partial charge is 0.433 e. The number of hydrogen-bond acceptors (Lipinski definition) is 5. The minimum atomic E-state index is -4.72. The van der Waals surface area contributed by atoms with Crippen LogP contribution in [0.4, 0.5) is 13.2 Å². The number of rotatable bonds is 6. The van der Waals surface area contributed by atoms with Crippen LogP contribution in [0.1, 0.15) is 23.0 Å². The molecule has 0 unspecified atom stereocenters. The minimum absolute atomic E-state index is 0.155. The maximum Gasteiger partial charge on any atom is 0.433 e. The summed E-state index contributed by atoms with van der Waals surface area (Å²) < 4.78 is 43.1. The first kappa shape index (κ1) is 18.1. The van der Waals surface area contributed by atoms with Crippen molar-refractivity contribution in [2.75, 3.05) is 12.4 Å². The highest BCUT2D eigenvalue weighted by Gasteiger charge is 2.33. The number of ether oxygens (including phenoxy) is 1. The molecule has 0 aliphatic rings. The number of carbonyl (C=O) groups excluding carboxylic acids is 1. The van der Waals surface area contributed by atoms with Gasteiger partial charge in [0.15, 0.2) is 16.6 Å². The van der Waals surface area contributed by atoms with E-state index in [0.717, 1.165) is 11.8 Å². The quantitative estimate of drug-likeness (QED) is 0.488. The zero-order valence-electron chi connectivity index (χ0n) is 12.5. The Balaban J connectivity index is 2.06. The number of aromatic amines is 1. The zero-order chi connectivity index (χ0) is 17.7. The second-order valence-electron chi connectivity index (χ2n) is 4.60. The molecular formula is C15H13F3N2O3S. The Hall–Kier alpha value is -2.29. The lowest BCUT2D eigenvalue weighted by molar-refractivity contribution is -0.141. The van der Waals surface area contributed by atoms with Crippen LogP contribution in [0, 0.1) is 0 Å². The number of nitrogens with zero attached hydrogens (tertiary/aromatic N) is 1. The van der Waals surface area contributed by atoms with Gasteiger partial charge in [0.2, 0.25) is 0 Å². The van der Waals surface area contributed by atoms with Crippen LogP contribution < -0.4 is 10.3 Å². The van der Waals surface area contributed by atoms with Crippen LogP contribution in [0.15, 0.2) is 40.3 Å². The zero-order valence-corrected chi connectivity index (χ0v) is 13.3. The van der Waals surface area contributed by atoms with Crippen LogP contribution in [-0.4, -0.2) is 28.1 Å². The molecule has 1 aromatic heterocycles. The third kappa shape index (κ3) is 4.85. The van der Waals surface area contributed by atoms with Crippen LogP contribution in [0.3, 0.4) is 0 Å². The second-order valence-corrected chi connectivity index (χ2v) is 5.57. The summed E-state index contributed by atoms with van der Waals surface area (Å²) in [6.45, 7) is 2.33. The van der Waals surface area contributed by atoms with Gasteiger partial charge in [0.25, 0.3) is 5.56 Å². The van der Waals surface area contributed by atoms with Crippen molar-refractivity contribution in [2.24, 2.45) is 0 Å². The van der Waals surface area contributed by atoms with Gasteiger partial charge in [0.05, 0.1) is 12.4 Å². The van der Waals surface area contributed by atoms with E-state index >= 15 is 0 Å². The summed E-state index contributed by atoms with van der Waals surface area (Å²) in [7, 11) is 0. The van der Waals surface area contributed by atoms with Crippen molar-refractivity contribution in [1.82, 2.24) is 9.97 Å². The van der Waals surface area contributed by atoms with Gasteiger partial charge in [-0.1, -0.05) is 11.8 Å². The van der Waals surface area contributed by atoms with Crippen molar-refractivity contribution in [1.29, 1.82) is 0 Å². The van der Waals surface area contributed by atoms with Crippen LogP contribution in [0.2, 0.25) is 0 Å². The summed E-state index contributed by atoms with van der Waals surface area (Å²) in [5.41, 5.74) is -1.82. The molecule has 9 heteroatoms. The number of H-pyrrole nitrogens is 1. The van der Waals surface area contributed by atoms with E-state index in [9.17, 15) is 22.8 Å². The Morgan fingerprint density at radius 3 is 2.54 bits per heavy atom. The lowest BCUT2D eigenvalue weighted by atomic mass is 10.1. The molecule has 0 bridgehead atoms. The van der Waals surface area contributed by atoms with Gasteiger partial charge in [-0.3, -0.25) is 9.59 Å². The van der Waals surface area contributed by atoms with Crippen molar-refractivity contribution in [3.63, 3.8) is 0 Å². The van der Waals surface area contributed by atoms with Crippen LogP contribution in [0.5, 0.6) is 5.75 Å². The molecule has 0 fully saturated rings. The number of alkyl halides is 3. The Morgan fingerprint density at radius 2 is 1.96 bits per heavy atom. The van der Waals surface area contributed by atoms with Gasteiger partial charge < -0.3 is 9.72 Å². The van der Waals surface area contributed by atoms with E-state index < -0.39 is 17.4 Å². The van der Waals surface area contributed by atoms with Crippen LogP contribution >= 0.6 is 11.8 Å². The molecule has 0 saturated heterocycles. The fourth-order valence-electron chi connectivity index (χ4n) is 1.77. The van der Waals surface area contributed by atoms with Crippen molar-refractivity contribution in [3.8, 4) is 5.75 Å². The summed E-state index contributed by atoms with van der Waals surface area (Å²) in [6, 6.07) is 6.77. The topological polar surface area (TPSA) is 72.0 Å². The molecule has 0 saturated carbocycles. The number of aromatic nitrogens is 2. The summed E-state index contributed by atoms with van der Waals surface area (Å²) in [5.74, 6) is 0.159. The highest BCUT2D eigenvalue weighted by atomic mass is 32.2. The van der Waals surface area contributed by atoms with Crippen LogP contribution in [-0.2, 0) is 6.18 Å². The fraction of sp³-hybridized carbons (Fsp3) is 0.267. The van der Waals surface area contributed by atoms with E-state index in [4.69, 9.17) is 4.74 Å². The molecular weight excluding hydrogens is 345 g/mol. The van der Waals surface area contributed by atoms with E-state index in [-0.39, 0.29) is 16.7 Å². The van der Waals surface area contributed by atoms with Gasteiger partial charge >= 0.3 is 6.18 Å². The molecule has 0 aliphatic heterocycles. The largest absolute Gasteiger partial charge is 0.494 e. The SMILES string of the molecule is CCOc1ccc(C(=O)CSc2nc(C(F)(F)F)cc(=O)[nH]2)cc1. The average molecular weight is 358 g/mol. The third-order valence-corrected chi connectivity index (χ3v) is 3.71. The normalized spacial score (nSPS) is 11.3. The summed E-state index contributed by atoms with van der Waals surface area (Å²) in [4.78, 5) is 28.8. The molecule has 1 aromatic carbocycles. The van der Waals surface area contributed by atoms with Gasteiger partial charge in [0.1, 0.15) is 5.75 Å². The summed E-state index contributed by atoms with van der Waals surface area (Å²) in [6.07, 6.45) is -4.72. The Morgan fingerprint density at radius 1 is 1.29 bits per heavy atom.